The first-order valence-corrected chi connectivity index (χ1v) is 7.42. The zero-order valence-corrected chi connectivity index (χ0v) is 11.8. The van der Waals surface area contributed by atoms with Crippen molar-refractivity contribution < 1.29 is 9.90 Å². The SMILES string of the molecule is CCSCCC(C)NC(=O)Cc1cccc(O)c1. The second-order valence-corrected chi connectivity index (χ2v) is 5.69. The van der Waals surface area contributed by atoms with Gasteiger partial charge in [-0.15, -0.1) is 0 Å². The fourth-order valence-corrected chi connectivity index (χ4v) is 2.46. The monoisotopic (exact) mass is 267 g/mol. The lowest BCUT2D eigenvalue weighted by Crippen LogP contribution is -2.34. The van der Waals surface area contributed by atoms with Crippen LogP contribution in [0.5, 0.6) is 5.75 Å². The van der Waals surface area contributed by atoms with Crippen LogP contribution in [0.2, 0.25) is 0 Å². The van der Waals surface area contributed by atoms with Crippen LogP contribution in [-0.2, 0) is 11.2 Å². The highest BCUT2D eigenvalue weighted by molar-refractivity contribution is 7.99. The minimum Gasteiger partial charge on any atom is -0.508 e. The molecule has 0 bridgehead atoms. The van der Waals surface area contributed by atoms with E-state index >= 15 is 0 Å². The van der Waals surface area contributed by atoms with Crippen molar-refractivity contribution in [2.24, 2.45) is 0 Å². The number of hydrogen-bond donors (Lipinski definition) is 2. The van der Waals surface area contributed by atoms with Crippen LogP contribution in [0.25, 0.3) is 0 Å². The molecule has 4 heteroatoms. The number of carbonyl (C=O) groups is 1. The van der Waals surface area contributed by atoms with E-state index in [1.807, 2.05) is 24.8 Å². The smallest absolute Gasteiger partial charge is 0.224 e. The molecule has 1 rings (SSSR count). The van der Waals surface area contributed by atoms with Crippen LogP contribution in [0, 0.1) is 0 Å². The van der Waals surface area contributed by atoms with E-state index in [9.17, 15) is 9.90 Å². The molecule has 1 aromatic rings. The molecule has 0 aromatic heterocycles. The second kappa shape index (κ2) is 8.03. The lowest BCUT2D eigenvalue weighted by atomic mass is 10.1. The van der Waals surface area contributed by atoms with Crippen molar-refractivity contribution in [2.75, 3.05) is 11.5 Å². The molecule has 0 saturated heterocycles. The number of thioether (sulfide) groups is 1. The van der Waals surface area contributed by atoms with Crippen LogP contribution in [0.3, 0.4) is 0 Å². The molecule has 100 valence electrons. The van der Waals surface area contributed by atoms with Crippen LogP contribution in [0.4, 0.5) is 0 Å². The molecule has 0 aliphatic heterocycles. The van der Waals surface area contributed by atoms with Gasteiger partial charge in [-0.1, -0.05) is 19.1 Å². The predicted molar refractivity (Wildman–Crippen MR) is 77.0 cm³/mol. The standard InChI is InChI=1S/C14H21NO2S/c1-3-18-8-7-11(2)15-14(17)10-12-5-4-6-13(16)9-12/h4-6,9,11,16H,3,7-8,10H2,1-2H3,(H,15,17). The van der Waals surface area contributed by atoms with Crippen LogP contribution >= 0.6 is 11.8 Å². The van der Waals surface area contributed by atoms with E-state index in [-0.39, 0.29) is 17.7 Å². The van der Waals surface area contributed by atoms with E-state index in [1.165, 1.54) is 0 Å². The van der Waals surface area contributed by atoms with E-state index in [0.717, 1.165) is 23.5 Å². The zero-order valence-electron chi connectivity index (χ0n) is 11.0. The summed E-state index contributed by atoms with van der Waals surface area (Å²) in [5.74, 6) is 2.40. The number of phenols is 1. The Kier molecular flexibility index (Phi) is 6.65. The first-order chi connectivity index (χ1) is 8.61. The normalized spacial score (nSPS) is 12.1. The average Bonchev–Trinajstić information content (AvgIpc) is 2.29. The Hall–Kier alpha value is -1.16. The molecule has 0 radical (unpaired) electrons. The Balaban J connectivity index is 2.32. The molecule has 0 fully saturated rings. The van der Waals surface area contributed by atoms with Gasteiger partial charge in [0.1, 0.15) is 5.75 Å². The van der Waals surface area contributed by atoms with Crippen molar-refractivity contribution in [3.63, 3.8) is 0 Å². The number of carbonyl (C=O) groups excluding carboxylic acids is 1. The van der Waals surface area contributed by atoms with Crippen molar-refractivity contribution >= 4 is 17.7 Å². The van der Waals surface area contributed by atoms with Gasteiger partial charge in [0.05, 0.1) is 6.42 Å². The summed E-state index contributed by atoms with van der Waals surface area (Å²) in [6, 6.07) is 7.02. The third-order valence-corrected chi connectivity index (χ3v) is 3.51. The number of rotatable bonds is 7. The quantitative estimate of drug-likeness (QED) is 0.747. The highest BCUT2D eigenvalue weighted by Gasteiger charge is 2.08. The topological polar surface area (TPSA) is 49.3 Å². The van der Waals surface area contributed by atoms with Gasteiger partial charge >= 0.3 is 0 Å². The van der Waals surface area contributed by atoms with Crippen molar-refractivity contribution in [3.8, 4) is 5.75 Å². The summed E-state index contributed by atoms with van der Waals surface area (Å²) in [4.78, 5) is 11.8. The molecule has 0 heterocycles. The minimum atomic E-state index is 0.00889. The maximum absolute atomic E-state index is 11.8. The van der Waals surface area contributed by atoms with Gasteiger partial charge in [0.2, 0.25) is 5.91 Å². The van der Waals surface area contributed by atoms with E-state index in [2.05, 4.69) is 12.2 Å². The maximum Gasteiger partial charge on any atom is 0.224 e. The van der Waals surface area contributed by atoms with Gasteiger partial charge in [-0.05, 0) is 42.5 Å². The predicted octanol–water partition coefficient (Wildman–Crippen LogP) is 2.58. The first kappa shape index (κ1) is 14.9. The van der Waals surface area contributed by atoms with Crippen molar-refractivity contribution in [3.05, 3.63) is 29.8 Å². The van der Waals surface area contributed by atoms with Gasteiger partial charge in [-0.3, -0.25) is 4.79 Å². The molecule has 0 saturated carbocycles. The second-order valence-electron chi connectivity index (χ2n) is 4.30. The highest BCUT2D eigenvalue weighted by atomic mass is 32.2. The summed E-state index contributed by atoms with van der Waals surface area (Å²) >= 11 is 1.89. The Morgan fingerprint density at radius 2 is 2.28 bits per heavy atom. The van der Waals surface area contributed by atoms with Crippen molar-refractivity contribution in [1.29, 1.82) is 0 Å². The summed E-state index contributed by atoms with van der Waals surface area (Å²) < 4.78 is 0. The lowest BCUT2D eigenvalue weighted by Gasteiger charge is -2.13. The summed E-state index contributed by atoms with van der Waals surface area (Å²) in [5, 5.41) is 12.3. The van der Waals surface area contributed by atoms with E-state index in [1.54, 1.807) is 18.2 Å². The highest BCUT2D eigenvalue weighted by Crippen LogP contribution is 2.11. The molecule has 0 spiro atoms. The first-order valence-electron chi connectivity index (χ1n) is 6.26. The number of phenolic OH excluding ortho intramolecular Hbond substituents is 1. The van der Waals surface area contributed by atoms with Crippen molar-refractivity contribution in [1.82, 2.24) is 5.32 Å². The Morgan fingerprint density at radius 3 is 2.94 bits per heavy atom. The molecule has 2 N–H and O–H groups in total. The molecule has 0 aliphatic rings. The third-order valence-electron chi connectivity index (χ3n) is 2.58. The number of aromatic hydroxyl groups is 1. The van der Waals surface area contributed by atoms with Crippen LogP contribution in [-0.4, -0.2) is 28.6 Å². The number of hydrogen-bond acceptors (Lipinski definition) is 3. The fourth-order valence-electron chi connectivity index (χ4n) is 1.65. The number of nitrogens with one attached hydrogen (secondary N) is 1. The molecule has 18 heavy (non-hydrogen) atoms. The van der Waals surface area contributed by atoms with Crippen LogP contribution in [0.15, 0.2) is 24.3 Å². The summed E-state index contributed by atoms with van der Waals surface area (Å²) in [7, 11) is 0. The van der Waals surface area contributed by atoms with Gasteiger partial charge in [0.25, 0.3) is 0 Å². The molecule has 1 aromatic carbocycles. The van der Waals surface area contributed by atoms with Gasteiger partial charge < -0.3 is 10.4 Å². The molecule has 1 amide bonds. The minimum absolute atomic E-state index is 0.00889. The number of amides is 1. The molecule has 1 atom stereocenters. The third kappa shape index (κ3) is 5.96. The molecule has 3 nitrogen and oxygen atoms in total. The molecular weight excluding hydrogens is 246 g/mol. The molecule has 0 aliphatic carbocycles. The molecular formula is C14H21NO2S. The summed E-state index contributed by atoms with van der Waals surface area (Å²) in [6.07, 6.45) is 1.31. The van der Waals surface area contributed by atoms with Gasteiger partial charge in [-0.25, -0.2) is 0 Å². The van der Waals surface area contributed by atoms with E-state index in [0.29, 0.717) is 6.42 Å². The Labute approximate surface area is 113 Å². The Bertz CT molecular complexity index is 382. The van der Waals surface area contributed by atoms with Crippen molar-refractivity contribution in [2.45, 2.75) is 32.7 Å². The van der Waals surface area contributed by atoms with Gasteiger partial charge in [0.15, 0.2) is 0 Å². The Morgan fingerprint density at radius 1 is 1.50 bits per heavy atom. The van der Waals surface area contributed by atoms with E-state index < -0.39 is 0 Å². The zero-order chi connectivity index (χ0) is 13.4. The summed E-state index contributed by atoms with van der Waals surface area (Å²) in [5.41, 5.74) is 0.836. The van der Waals surface area contributed by atoms with E-state index in [4.69, 9.17) is 0 Å². The average molecular weight is 267 g/mol. The summed E-state index contributed by atoms with van der Waals surface area (Å²) in [6.45, 7) is 4.16. The van der Waals surface area contributed by atoms with Crippen LogP contribution in [0.1, 0.15) is 25.8 Å². The largest absolute Gasteiger partial charge is 0.508 e. The van der Waals surface area contributed by atoms with Gasteiger partial charge in [0, 0.05) is 6.04 Å². The number of benzene rings is 1. The fraction of sp³-hybridized carbons (Fsp3) is 0.500. The van der Waals surface area contributed by atoms with Gasteiger partial charge in [-0.2, -0.15) is 11.8 Å². The lowest BCUT2D eigenvalue weighted by molar-refractivity contribution is -0.121. The maximum atomic E-state index is 11.8. The molecule has 1 unspecified atom stereocenters. The van der Waals surface area contributed by atoms with Crippen LogP contribution < -0.4 is 5.32 Å².